The van der Waals surface area contributed by atoms with Gasteiger partial charge in [0, 0.05) is 44.0 Å². The molecule has 1 atom stereocenters. The standard InChI is InChI=1S/C26H33FN4O4/c1-34-21-9-10-24(35-2)22(16-21)23-4-3-11-31(23)26(33)18-30-14-12-29(13-15-30)17-25(32)28-20-7-5-19(27)6-8-20/h5-10,16,23H,3-4,11-15,17-18H2,1-2H3,(H,28,32)/t23-/m0/s1. The lowest BCUT2D eigenvalue weighted by atomic mass is 10.0. The number of anilines is 1. The van der Waals surface area contributed by atoms with E-state index in [1.54, 1.807) is 26.4 Å². The maximum atomic E-state index is 13.2. The summed E-state index contributed by atoms with van der Waals surface area (Å²) >= 11 is 0. The molecule has 2 aromatic rings. The Kier molecular flexibility index (Phi) is 8.20. The Labute approximate surface area is 205 Å². The quantitative estimate of drug-likeness (QED) is 0.621. The van der Waals surface area contributed by atoms with Crippen LogP contribution in [-0.4, -0.2) is 86.5 Å². The zero-order valence-corrected chi connectivity index (χ0v) is 20.3. The van der Waals surface area contributed by atoms with Crippen LogP contribution in [0.3, 0.4) is 0 Å². The van der Waals surface area contributed by atoms with E-state index in [0.717, 1.165) is 49.5 Å². The van der Waals surface area contributed by atoms with Crippen LogP contribution in [0.1, 0.15) is 24.4 Å². The van der Waals surface area contributed by atoms with Crippen molar-refractivity contribution in [3.63, 3.8) is 0 Å². The molecular formula is C26H33FN4O4. The smallest absolute Gasteiger partial charge is 0.238 e. The molecule has 2 fully saturated rings. The number of likely N-dealkylation sites (tertiary alicyclic amines) is 1. The van der Waals surface area contributed by atoms with Crippen LogP contribution in [0.4, 0.5) is 10.1 Å². The first-order valence-electron chi connectivity index (χ1n) is 12.0. The van der Waals surface area contributed by atoms with Crippen LogP contribution < -0.4 is 14.8 Å². The number of carbonyl (C=O) groups excluding carboxylic acids is 2. The van der Waals surface area contributed by atoms with Gasteiger partial charge < -0.3 is 19.7 Å². The molecule has 0 aromatic heterocycles. The fourth-order valence-electron chi connectivity index (χ4n) is 4.81. The van der Waals surface area contributed by atoms with Crippen molar-refractivity contribution < 1.29 is 23.5 Å². The van der Waals surface area contributed by atoms with Crippen LogP contribution in [0.5, 0.6) is 11.5 Å². The highest BCUT2D eigenvalue weighted by Gasteiger charge is 2.33. The number of rotatable bonds is 8. The number of nitrogens with one attached hydrogen (secondary N) is 1. The Morgan fingerprint density at radius 2 is 1.63 bits per heavy atom. The molecule has 8 nitrogen and oxygen atoms in total. The van der Waals surface area contributed by atoms with Crippen molar-refractivity contribution in [1.82, 2.24) is 14.7 Å². The third kappa shape index (κ3) is 6.29. The molecular weight excluding hydrogens is 451 g/mol. The normalized spacial score (nSPS) is 18.9. The fraction of sp³-hybridized carbons (Fsp3) is 0.462. The molecule has 35 heavy (non-hydrogen) atoms. The molecule has 0 saturated carbocycles. The van der Waals surface area contributed by atoms with Gasteiger partial charge in [-0.3, -0.25) is 19.4 Å². The molecule has 0 unspecified atom stereocenters. The van der Waals surface area contributed by atoms with Crippen LogP contribution in [0.2, 0.25) is 0 Å². The number of hydrogen-bond donors (Lipinski definition) is 1. The van der Waals surface area contributed by atoms with Crippen molar-refractivity contribution >= 4 is 17.5 Å². The second-order valence-corrected chi connectivity index (χ2v) is 8.96. The number of benzene rings is 2. The molecule has 0 aliphatic carbocycles. The first-order chi connectivity index (χ1) is 17.0. The molecule has 1 N–H and O–H groups in total. The van der Waals surface area contributed by atoms with Gasteiger partial charge >= 0.3 is 0 Å². The lowest BCUT2D eigenvalue weighted by Crippen LogP contribution is -2.51. The van der Waals surface area contributed by atoms with E-state index in [0.29, 0.717) is 25.3 Å². The molecule has 2 aliphatic rings. The maximum Gasteiger partial charge on any atom is 0.238 e. The summed E-state index contributed by atoms with van der Waals surface area (Å²) in [6.07, 6.45) is 1.85. The molecule has 2 aromatic carbocycles. The summed E-state index contributed by atoms with van der Waals surface area (Å²) in [6, 6.07) is 11.4. The Balaban J connectivity index is 1.28. The van der Waals surface area contributed by atoms with Gasteiger partial charge in [-0.1, -0.05) is 0 Å². The summed E-state index contributed by atoms with van der Waals surface area (Å²) in [6.45, 7) is 4.20. The third-order valence-corrected chi connectivity index (χ3v) is 6.69. The summed E-state index contributed by atoms with van der Waals surface area (Å²) in [5.74, 6) is 1.16. The number of ether oxygens (including phenoxy) is 2. The molecule has 2 heterocycles. The zero-order valence-electron chi connectivity index (χ0n) is 20.3. The van der Waals surface area contributed by atoms with Gasteiger partial charge in [0.05, 0.1) is 33.4 Å². The van der Waals surface area contributed by atoms with Gasteiger partial charge in [-0.05, 0) is 55.3 Å². The van der Waals surface area contributed by atoms with Gasteiger partial charge in [-0.2, -0.15) is 0 Å². The molecule has 2 amide bonds. The van der Waals surface area contributed by atoms with Crippen molar-refractivity contribution in [3.05, 3.63) is 53.8 Å². The highest BCUT2D eigenvalue weighted by Crippen LogP contribution is 2.39. The summed E-state index contributed by atoms with van der Waals surface area (Å²) < 4.78 is 24.0. The van der Waals surface area contributed by atoms with E-state index in [1.807, 2.05) is 23.1 Å². The zero-order chi connectivity index (χ0) is 24.8. The minimum absolute atomic E-state index is 0.0241. The second kappa shape index (κ2) is 11.5. The maximum absolute atomic E-state index is 13.2. The number of carbonyl (C=O) groups is 2. The van der Waals surface area contributed by atoms with E-state index < -0.39 is 0 Å². The van der Waals surface area contributed by atoms with Gasteiger partial charge in [-0.25, -0.2) is 4.39 Å². The second-order valence-electron chi connectivity index (χ2n) is 8.96. The highest BCUT2D eigenvalue weighted by atomic mass is 19.1. The SMILES string of the molecule is COc1ccc(OC)c([C@@H]2CCCN2C(=O)CN2CCN(CC(=O)Nc3ccc(F)cc3)CC2)c1. The average molecular weight is 485 g/mol. The van der Waals surface area contributed by atoms with Gasteiger partial charge in [0.1, 0.15) is 17.3 Å². The summed E-state index contributed by atoms with van der Waals surface area (Å²) in [5, 5.41) is 2.79. The van der Waals surface area contributed by atoms with Crippen LogP contribution in [-0.2, 0) is 9.59 Å². The lowest BCUT2D eigenvalue weighted by Gasteiger charge is -2.35. The highest BCUT2D eigenvalue weighted by molar-refractivity contribution is 5.92. The number of amides is 2. The average Bonchev–Trinajstić information content (AvgIpc) is 3.36. The number of methoxy groups -OCH3 is 2. The Morgan fingerprint density at radius 3 is 2.29 bits per heavy atom. The van der Waals surface area contributed by atoms with Crippen molar-refractivity contribution in [2.45, 2.75) is 18.9 Å². The monoisotopic (exact) mass is 484 g/mol. The molecule has 2 saturated heterocycles. The molecule has 4 rings (SSSR count). The van der Waals surface area contributed by atoms with E-state index in [2.05, 4.69) is 15.1 Å². The van der Waals surface area contributed by atoms with E-state index in [-0.39, 0.29) is 30.2 Å². The minimum Gasteiger partial charge on any atom is -0.497 e. The molecule has 0 radical (unpaired) electrons. The van der Waals surface area contributed by atoms with Gasteiger partial charge in [-0.15, -0.1) is 0 Å². The van der Waals surface area contributed by atoms with Crippen molar-refractivity contribution in [1.29, 1.82) is 0 Å². The van der Waals surface area contributed by atoms with E-state index in [4.69, 9.17) is 9.47 Å². The van der Waals surface area contributed by atoms with Crippen molar-refractivity contribution in [3.8, 4) is 11.5 Å². The Morgan fingerprint density at radius 1 is 0.943 bits per heavy atom. The third-order valence-electron chi connectivity index (χ3n) is 6.69. The minimum atomic E-state index is -0.337. The topological polar surface area (TPSA) is 74.4 Å². The van der Waals surface area contributed by atoms with E-state index >= 15 is 0 Å². The number of halogens is 1. The summed E-state index contributed by atoms with van der Waals surface area (Å²) in [4.78, 5) is 31.7. The van der Waals surface area contributed by atoms with Crippen LogP contribution in [0, 0.1) is 5.82 Å². The van der Waals surface area contributed by atoms with Gasteiger partial charge in [0.25, 0.3) is 0 Å². The van der Waals surface area contributed by atoms with Crippen molar-refractivity contribution in [2.75, 3.05) is 65.3 Å². The molecule has 2 aliphatic heterocycles. The number of piperazine rings is 1. The van der Waals surface area contributed by atoms with Crippen LogP contribution in [0.25, 0.3) is 0 Å². The van der Waals surface area contributed by atoms with Gasteiger partial charge in [0.15, 0.2) is 0 Å². The predicted octanol–water partition coefficient (Wildman–Crippen LogP) is 2.76. The number of nitrogens with zero attached hydrogens (tertiary/aromatic N) is 3. The molecule has 188 valence electrons. The molecule has 0 spiro atoms. The first kappa shape index (κ1) is 24.9. The summed E-state index contributed by atoms with van der Waals surface area (Å²) in [7, 11) is 3.28. The van der Waals surface area contributed by atoms with E-state index in [1.165, 1.54) is 12.1 Å². The lowest BCUT2D eigenvalue weighted by molar-refractivity contribution is -0.134. The largest absolute Gasteiger partial charge is 0.497 e. The van der Waals surface area contributed by atoms with E-state index in [9.17, 15) is 14.0 Å². The van der Waals surface area contributed by atoms with Crippen LogP contribution >= 0.6 is 0 Å². The predicted molar refractivity (Wildman–Crippen MR) is 131 cm³/mol. The fourth-order valence-corrected chi connectivity index (χ4v) is 4.81. The number of hydrogen-bond acceptors (Lipinski definition) is 6. The molecule has 0 bridgehead atoms. The Hall–Kier alpha value is -3.17. The van der Waals surface area contributed by atoms with Gasteiger partial charge in [0.2, 0.25) is 11.8 Å². The Bertz CT molecular complexity index is 1020. The first-order valence-corrected chi connectivity index (χ1v) is 12.0. The van der Waals surface area contributed by atoms with Crippen molar-refractivity contribution in [2.24, 2.45) is 0 Å². The van der Waals surface area contributed by atoms with Crippen LogP contribution in [0.15, 0.2) is 42.5 Å². The molecule has 9 heteroatoms. The summed E-state index contributed by atoms with van der Waals surface area (Å²) in [5.41, 5.74) is 1.56.